The van der Waals surface area contributed by atoms with Crippen LogP contribution in [0, 0.1) is 0 Å². The first kappa shape index (κ1) is 14.4. The fourth-order valence-corrected chi connectivity index (χ4v) is 3.11. The number of carbonyl (C=O) groups excluding carboxylic acids is 1. The van der Waals surface area contributed by atoms with Crippen LogP contribution in [0.25, 0.3) is 0 Å². The number of benzene rings is 1. The first-order valence-electron chi connectivity index (χ1n) is 6.91. The Labute approximate surface area is 119 Å². The molecule has 0 bridgehead atoms. The average molecular weight is 278 g/mol. The molecule has 104 valence electrons. The van der Waals surface area contributed by atoms with Crippen molar-refractivity contribution >= 4 is 17.7 Å². The van der Waals surface area contributed by atoms with Crippen molar-refractivity contribution < 1.29 is 4.79 Å². The smallest absolute Gasteiger partial charge is 0.238 e. The number of rotatable bonds is 5. The van der Waals surface area contributed by atoms with Gasteiger partial charge in [0.1, 0.15) is 0 Å². The molecule has 1 fully saturated rings. The molecule has 0 saturated carbocycles. The van der Waals surface area contributed by atoms with Crippen LogP contribution in [0.15, 0.2) is 30.3 Å². The summed E-state index contributed by atoms with van der Waals surface area (Å²) < 4.78 is 0. The number of aryl methyl sites for hydroxylation is 1. The van der Waals surface area contributed by atoms with Gasteiger partial charge >= 0.3 is 0 Å². The number of carbonyl (C=O) groups is 1. The van der Waals surface area contributed by atoms with Gasteiger partial charge in [0.05, 0.1) is 6.04 Å². The van der Waals surface area contributed by atoms with Gasteiger partial charge in [-0.1, -0.05) is 30.3 Å². The van der Waals surface area contributed by atoms with E-state index in [-0.39, 0.29) is 18.0 Å². The molecule has 2 N–H and O–H groups in total. The van der Waals surface area contributed by atoms with Gasteiger partial charge in [-0.25, -0.2) is 0 Å². The number of hydrogen-bond acceptors (Lipinski definition) is 3. The molecule has 0 aromatic heterocycles. The minimum Gasteiger partial charge on any atom is -0.352 e. The van der Waals surface area contributed by atoms with Crippen LogP contribution >= 0.6 is 11.8 Å². The van der Waals surface area contributed by atoms with Gasteiger partial charge in [0, 0.05) is 24.1 Å². The molecule has 1 aromatic rings. The molecule has 0 aliphatic carbocycles. The van der Waals surface area contributed by atoms with E-state index in [0.29, 0.717) is 0 Å². The average Bonchev–Trinajstić information content (AvgIpc) is 2.47. The second-order valence-corrected chi connectivity index (χ2v) is 6.17. The van der Waals surface area contributed by atoms with Gasteiger partial charge in [-0.15, -0.1) is 0 Å². The number of thioether (sulfide) groups is 1. The fourth-order valence-electron chi connectivity index (χ4n) is 2.18. The molecule has 1 amide bonds. The maximum absolute atomic E-state index is 12.0. The molecule has 4 heteroatoms. The Hall–Kier alpha value is -1.000. The second kappa shape index (κ2) is 7.56. The second-order valence-electron chi connectivity index (χ2n) is 5.02. The van der Waals surface area contributed by atoms with E-state index in [9.17, 15) is 4.79 Å². The van der Waals surface area contributed by atoms with Crippen LogP contribution in [0.3, 0.4) is 0 Å². The van der Waals surface area contributed by atoms with Crippen molar-refractivity contribution in [1.82, 2.24) is 10.6 Å². The minimum absolute atomic E-state index is 0.0158. The van der Waals surface area contributed by atoms with Gasteiger partial charge < -0.3 is 10.6 Å². The Balaban J connectivity index is 1.71. The van der Waals surface area contributed by atoms with Crippen molar-refractivity contribution in [2.75, 3.05) is 18.1 Å². The Morgan fingerprint density at radius 2 is 2.26 bits per heavy atom. The third kappa shape index (κ3) is 4.88. The van der Waals surface area contributed by atoms with Gasteiger partial charge in [-0.3, -0.25) is 4.79 Å². The molecule has 1 aromatic carbocycles. The van der Waals surface area contributed by atoms with Crippen molar-refractivity contribution in [1.29, 1.82) is 0 Å². The van der Waals surface area contributed by atoms with E-state index >= 15 is 0 Å². The molecule has 0 radical (unpaired) electrons. The van der Waals surface area contributed by atoms with Crippen molar-refractivity contribution in [2.45, 2.75) is 31.8 Å². The fraction of sp³-hybridized carbons (Fsp3) is 0.533. The Morgan fingerprint density at radius 1 is 1.47 bits per heavy atom. The van der Waals surface area contributed by atoms with Gasteiger partial charge in [-0.05, 0) is 25.3 Å². The lowest BCUT2D eigenvalue weighted by Crippen LogP contribution is -2.51. The summed E-state index contributed by atoms with van der Waals surface area (Å²) in [6, 6.07) is 10.6. The van der Waals surface area contributed by atoms with Crippen molar-refractivity contribution in [3.05, 3.63) is 35.9 Å². The summed E-state index contributed by atoms with van der Waals surface area (Å²) in [5.74, 6) is 2.14. The zero-order valence-electron chi connectivity index (χ0n) is 11.4. The number of nitrogens with one attached hydrogen (secondary N) is 2. The molecule has 19 heavy (non-hydrogen) atoms. The summed E-state index contributed by atoms with van der Waals surface area (Å²) in [6.07, 6.45) is 1.99. The van der Waals surface area contributed by atoms with Crippen LogP contribution in [-0.2, 0) is 11.2 Å². The highest BCUT2D eigenvalue weighted by Gasteiger charge is 2.21. The summed E-state index contributed by atoms with van der Waals surface area (Å²) >= 11 is 1.85. The Kier molecular flexibility index (Phi) is 5.73. The summed E-state index contributed by atoms with van der Waals surface area (Å²) in [5, 5.41) is 6.37. The Bertz CT molecular complexity index is 390. The van der Waals surface area contributed by atoms with Crippen LogP contribution in [0.2, 0.25) is 0 Å². The van der Waals surface area contributed by atoms with Crippen LogP contribution in [-0.4, -0.2) is 36.0 Å². The Morgan fingerprint density at radius 3 is 2.95 bits per heavy atom. The first-order valence-corrected chi connectivity index (χ1v) is 8.06. The third-order valence-corrected chi connectivity index (χ3v) is 4.40. The molecular formula is C15H22N2OS. The van der Waals surface area contributed by atoms with E-state index in [2.05, 4.69) is 41.8 Å². The van der Waals surface area contributed by atoms with E-state index in [1.807, 2.05) is 17.8 Å². The van der Waals surface area contributed by atoms with Gasteiger partial charge in [-0.2, -0.15) is 11.8 Å². The SMILES string of the molecule is CC(CCc1ccccc1)NC(=O)C1CSCCN1. The molecule has 0 spiro atoms. The number of amides is 1. The molecule has 1 aliphatic heterocycles. The summed E-state index contributed by atoms with van der Waals surface area (Å²) in [5.41, 5.74) is 1.33. The van der Waals surface area contributed by atoms with Crippen molar-refractivity contribution in [3.8, 4) is 0 Å². The minimum atomic E-state index is -0.0158. The monoisotopic (exact) mass is 278 g/mol. The molecule has 1 saturated heterocycles. The van der Waals surface area contributed by atoms with Crippen LogP contribution in [0.4, 0.5) is 0 Å². The highest BCUT2D eigenvalue weighted by atomic mass is 32.2. The van der Waals surface area contributed by atoms with Gasteiger partial charge in [0.2, 0.25) is 5.91 Å². The van der Waals surface area contributed by atoms with Crippen LogP contribution in [0.1, 0.15) is 18.9 Å². The highest BCUT2D eigenvalue weighted by molar-refractivity contribution is 7.99. The maximum Gasteiger partial charge on any atom is 0.238 e. The van der Waals surface area contributed by atoms with E-state index in [1.165, 1.54) is 5.56 Å². The first-order chi connectivity index (χ1) is 9.25. The summed E-state index contributed by atoms with van der Waals surface area (Å²) in [6.45, 7) is 3.01. The van der Waals surface area contributed by atoms with Crippen molar-refractivity contribution in [3.63, 3.8) is 0 Å². The molecule has 2 rings (SSSR count). The topological polar surface area (TPSA) is 41.1 Å². The summed E-state index contributed by atoms with van der Waals surface area (Å²) in [4.78, 5) is 12.0. The third-order valence-electron chi connectivity index (χ3n) is 3.34. The molecule has 1 heterocycles. The van der Waals surface area contributed by atoms with Crippen LogP contribution in [0.5, 0.6) is 0 Å². The highest BCUT2D eigenvalue weighted by Crippen LogP contribution is 2.09. The van der Waals surface area contributed by atoms with E-state index in [4.69, 9.17) is 0 Å². The van der Waals surface area contributed by atoms with E-state index < -0.39 is 0 Å². The van der Waals surface area contributed by atoms with Crippen LogP contribution < -0.4 is 10.6 Å². The predicted octanol–water partition coefficient (Wildman–Crippen LogP) is 1.83. The van der Waals surface area contributed by atoms with Gasteiger partial charge in [0.25, 0.3) is 0 Å². The lowest BCUT2D eigenvalue weighted by atomic mass is 10.1. The quantitative estimate of drug-likeness (QED) is 0.863. The molecule has 2 unspecified atom stereocenters. The largest absolute Gasteiger partial charge is 0.352 e. The number of hydrogen-bond donors (Lipinski definition) is 2. The lowest BCUT2D eigenvalue weighted by molar-refractivity contribution is -0.123. The predicted molar refractivity (Wildman–Crippen MR) is 81.5 cm³/mol. The molecule has 1 aliphatic rings. The molecule has 2 atom stereocenters. The molecular weight excluding hydrogens is 256 g/mol. The zero-order valence-corrected chi connectivity index (χ0v) is 12.2. The van der Waals surface area contributed by atoms with E-state index in [0.717, 1.165) is 30.9 Å². The maximum atomic E-state index is 12.0. The standard InChI is InChI=1S/C15H22N2OS/c1-12(7-8-13-5-3-2-4-6-13)17-15(18)14-11-19-10-9-16-14/h2-6,12,14,16H,7-11H2,1H3,(H,17,18). The zero-order chi connectivity index (χ0) is 13.5. The van der Waals surface area contributed by atoms with Gasteiger partial charge in [0.15, 0.2) is 0 Å². The normalized spacial score (nSPS) is 20.8. The summed E-state index contributed by atoms with van der Waals surface area (Å²) in [7, 11) is 0. The van der Waals surface area contributed by atoms with E-state index in [1.54, 1.807) is 0 Å². The molecule has 3 nitrogen and oxygen atoms in total. The van der Waals surface area contributed by atoms with Crippen molar-refractivity contribution in [2.24, 2.45) is 0 Å². The lowest BCUT2D eigenvalue weighted by Gasteiger charge is -2.24.